The maximum atomic E-state index is 12.8. The Morgan fingerprint density at radius 3 is 2.50 bits per heavy atom. The van der Waals surface area contributed by atoms with E-state index in [2.05, 4.69) is 5.32 Å². The molecule has 4 rings (SSSR count). The van der Waals surface area contributed by atoms with Gasteiger partial charge in [-0.15, -0.1) is 0 Å². The molecule has 26 heavy (non-hydrogen) atoms. The molecule has 0 spiro atoms. The largest absolute Gasteiger partial charge is 0.463 e. The molecule has 2 fully saturated rings. The quantitative estimate of drug-likeness (QED) is 0.893. The van der Waals surface area contributed by atoms with Gasteiger partial charge in [0.1, 0.15) is 11.8 Å². The maximum absolute atomic E-state index is 12.8. The number of morpholine rings is 1. The minimum absolute atomic E-state index is 0.00657. The van der Waals surface area contributed by atoms with E-state index in [1.54, 1.807) is 11.2 Å². The van der Waals surface area contributed by atoms with Crippen molar-refractivity contribution >= 4 is 22.9 Å². The lowest BCUT2D eigenvalue weighted by Gasteiger charge is -2.34. The summed E-state index contributed by atoms with van der Waals surface area (Å²) in [5, 5.41) is 3.93. The van der Waals surface area contributed by atoms with Gasteiger partial charge < -0.3 is 24.3 Å². The van der Waals surface area contributed by atoms with Crippen LogP contribution in [-0.2, 0) is 4.74 Å². The van der Waals surface area contributed by atoms with Crippen molar-refractivity contribution in [3.8, 4) is 0 Å². The number of ether oxygens (including phenoxy) is 1. The van der Waals surface area contributed by atoms with Crippen LogP contribution < -0.4 is 5.32 Å². The summed E-state index contributed by atoms with van der Waals surface area (Å²) in [5.74, 6) is -0.00657. The molecule has 0 bridgehead atoms. The van der Waals surface area contributed by atoms with Gasteiger partial charge in [0.25, 0.3) is 5.91 Å². The highest BCUT2D eigenvalue weighted by molar-refractivity contribution is 6.05. The number of furan rings is 1. The van der Waals surface area contributed by atoms with Gasteiger partial charge in [0.05, 0.1) is 18.8 Å². The number of nitrogens with one attached hydrogen (secondary N) is 1. The monoisotopic (exact) mass is 357 g/mol. The zero-order valence-corrected chi connectivity index (χ0v) is 14.6. The Hall–Kier alpha value is -2.54. The Labute approximate surface area is 151 Å². The Morgan fingerprint density at radius 2 is 1.73 bits per heavy atom. The minimum atomic E-state index is -0.0288. The highest BCUT2D eigenvalue weighted by atomic mass is 16.5. The van der Waals surface area contributed by atoms with E-state index in [0.717, 1.165) is 23.8 Å². The molecule has 1 aromatic heterocycles. The van der Waals surface area contributed by atoms with Gasteiger partial charge in [0.2, 0.25) is 0 Å². The summed E-state index contributed by atoms with van der Waals surface area (Å²) in [5.41, 5.74) is 1.33. The fourth-order valence-corrected chi connectivity index (χ4v) is 3.57. The Balaban J connectivity index is 1.33. The molecule has 0 atom stereocenters. The van der Waals surface area contributed by atoms with E-state index in [9.17, 15) is 9.59 Å². The first-order chi connectivity index (χ1) is 12.7. The summed E-state index contributed by atoms with van der Waals surface area (Å²) in [4.78, 5) is 28.7. The minimum Gasteiger partial charge on any atom is -0.463 e. The number of fused-ring (bicyclic) bond motifs is 1. The lowest BCUT2D eigenvalue weighted by Crippen LogP contribution is -2.52. The summed E-state index contributed by atoms with van der Waals surface area (Å²) in [7, 11) is 0. The summed E-state index contributed by atoms with van der Waals surface area (Å²) in [6.45, 7) is 3.73. The van der Waals surface area contributed by atoms with E-state index < -0.39 is 0 Å². The lowest BCUT2D eigenvalue weighted by molar-refractivity contribution is 0.0512. The second kappa shape index (κ2) is 7.37. The van der Waals surface area contributed by atoms with Crippen molar-refractivity contribution in [2.45, 2.75) is 18.9 Å². The Morgan fingerprint density at radius 1 is 1.00 bits per heavy atom. The van der Waals surface area contributed by atoms with Crippen molar-refractivity contribution in [1.82, 2.24) is 15.1 Å². The third-order valence-electron chi connectivity index (χ3n) is 5.12. The molecule has 0 aliphatic carbocycles. The fraction of sp³-hybridized carbons (Fsp3) is 0.474. The molecule has 3 amide bonds. The van der Waals surface area contributed by atoms with Gasteiger partial charge in [-0.05, 0) is 18.9 Å². The van der Waals surface area contributed by atoms with Gasteiger partial charge in [0, 0.05) is 37.6 Å². The summed E-state index contributed by atoms with van der Waals surface area (Å²) >= 11 is 0. The molecule has 1 N–H and O–H groups in total. The second-order valence-electron chi connectivity index (χ2n) is 6.76. The number of piperidine rings is 1. The van der Waals surface area contributed by atoms with Crippen LogP contribution >= 0.6 is 0 Å². The van der Waals surface area contributed by atoms with Gasteiger partial charge in [-0.25, -0.2) is 4.79 Å². The fourth-order valence-electron chi connectivity index (χ4n) is 3.57. The van der Waals surface area contributed by atoms with E-state index in [0.29, 0.717) is 45.0 Å². The summed E-state index contributed by atoms with van der Waals surface area (Å²) in [6.07, 6.45) is 3.06. The number of hydrogen-bond acceptors (Lipinski definition) is 4. The van der Waals surface area contributed by atoms with Crippen molar-refractivity contribution < 1.29 is 18.7 Å². The molecule has 3 heterocycles. The summed E-state index contributed by atoms with van der Waals surface area (Å²) < 4.78 is 10.8. The SMILES string of the molecule is O=C(NC1CCN(C(=O)c2coc3ccccc23)CC1)N1CCOCC1. The van der Waals surface area contributed by atoms with Crippen molar-refractivity contribution in [1.29, 1.82) is 0 Å². The molecule has 0 saturated carbocycles. The number of hydrogen-bond donors (Lipinski definition) is 1. The van der Waals surface area contributed by atoms with Crippen LogP contribution in [0.4, 0.5) is 4.79 Å². The zero-order valence-electron chi connectivity index (χ0n) is 14.6. The molecular formula is C19H23N3O4. The number of nitrogens with zero attached hydrogens (tertiary/aromatic N) is 2. The first kappa shape index (κ1) is 16.9. The van der Waals surface area contributed by atoms with Gasteiger partial charge in [0.15, 0.2) is 0 Å². The van der Waals surface area contributed by atoms with Crippen LogP contribution in [0, 0.1) is 0 Å². The third kappa shape index (κ3) is 3.39. The van der Waals surface area contributed by atoms with Gasteiger partial charge in [-0.3, -0.25) is 4.79 Å². The molecule has 0 unspecified atom stereocenters. The van der Waals surface area contributed by atoms with Crippen molar-refractivity contribution in [2.75, 3.05) is 39.4 Å². The number of amides is 3. The van der Waals surface area contributed by atoms with E-state index >= 15 is 0 Å². The molecule has 2 aliphatic rings. The molecule has 138 valence electrons. The standard InChI is InChI=1S/C19H23N3O4/c23-18(16-13-26-17-4-2-1-3-15(16)17)21-7-5-14(6-8-21)20-19(24)22-9-11-25-12-10-22/h1-4,13-14H,5-12H2,(H,20,24). The molecule has 1 aromatic carbocycles. The second-order valence-corrected chi connectivity index (χ2v) is 6.76. The van der Waals surface area contributed by atoms with E-state index in [-0.39, 0.29) is 18.0 Å². The summed E-state index contributed by atoms with van der Waals surface area (Å²) in [6, 6.07) is 7.64. The van der Waals surface area contributed by atoms with E-state index in [4.69, 9.17) is 9.15 Å². The molecule has 2 aliphatic heterocycles. The highest BCUT2D eigenvalue weighted by Gasteiger charge is 2.27. The molecule has 7 heteroatoms. The Bertz CT molecular complexity index is 789. The number of carbonyl (C=O) groups excluding carboxylic acids is 2. The molecule has 2 aromatic rings. The van der Waals surface area contributed by atoms with Crippen LogP contribution in [0.2, 0.25) is 0 Å². The smallest absolute Gasteiger partial charge is 0.317 e. The van der Waals surface area contributed by atoms with Crippen molar-refractivity contribution in [3.05, 3.63) is 36.1 Å². The maximum Gasteiger partial charge on any atom is 0.317 e. The van der Waals surface area contributed by atoms with Crippen LogP contribution in [0.3, 0.4) is 0 Å². The number of benzene rings is 1. The molecule has 0 radical (unpaired) electrons. The van der Waals surface area contributed by atoms with E-state index in [1.807, 2.05) is 29.2 Å². The average Bonchev–Trinajstić information content (AvgIpc) is 3.13. The lowest BCUT2D eigenvalue weighted by atomic mass is 10.0. The van der Waals surface area contributed by atoms with Gasteiger partial charge in [-0.2, -0.15) is 0 Å². The predicted octanol–water partition coefficient (Wildman–Crippen LogP) is 2.08. The van der Waals surface area contributed by atoms with Crippen LogP contribution in [0.25, 0.3) is 11.0 Å². The number of likely N-dealkylation sites (tertiary alicyclic amines) is 1. The number of carbonyl (C=O) groups is 2. The zero-order chi connectivity index (χ0) is 17.9. The topological polar surface area (TPSA) is 75.0 Å². The first-order valence-corrected chi connectivity index (χ1v) is 9.11. The third-order valence-corrected chi connectivity index (χ3v) is 5.12. The van der Waals surface area contributed by atoms with Crippen LogP contribution in [0.1, 0.15) is 23.2 Å². The molecular weight excluding hydrogens is 334 g/mol. The predicted molar refractivity (Wildman–Crippen MR) is 96.1 cm³/mol. The van der Waals surface area contributed by atoms with Crippen LogP contribution in [0.15, 0.2) is 34.9 Å². The number of urea groups is 1. The van der Waals surface area contributed by atoms with E-state index in [1.165, 1.54) is 0 Å². The Kier molecular flexibility index (Phi) is 4.79. The van der Waals surface area contributed by atoms with Crippen molar-refractivity contribution in [3.63, 3.8) is 0 Å². The number of para-hydroxylation sites is 1. The highest BCUT2D eigenvalue weighted by Crippen LogP contribution is 2.23. The average molecular weight is 357 g/mol. The van der Waals surface area contributed by atoms with Gasteiger partial charge >= 0.3 is 6.03 Å². The molecule has 2 saturated heterocycles. The van der Waals surface area contributed by atoms with Crippen LogP contribution in [0.5, 0.6) is 0 Å². The van der Waals surface area contributed by atoms with Gasteiger partial charge in [-0.1, -0.05) is 18.2 Å². The molecule has 7 nitrogen and oxygen atoms in total. The van der Waals surface area contributed by atoms with Crippen LogP contribution in [-0.4, -0.2) is 67.2 Å². The first-order valence-electron chi connectivity index (χ1n) is 9.11. The normalized spacial score (nSPS) is 18.9. The van der Waals surface area contributed by atoms with Crippen molar-refractivity contribution in [2.24, 2.45) is 0 Å². The number of rotatable bonds is 2.